The van der Waals surface area contributed by atoms with Gasteiger partial charge in [-0.3, -0.25) is 4.79 Å². The summed E-state index contributed by atoms with van der Waals surface area (Å²) in [6, 6.07) is 8.22. The lowest BCUT2D eigenvalue weighted by molar-refractivity contribution is -0.137. The maximum Gasteiger partial charge on any atom is 0.248 e. The van der Waals surface area contributed by atoms with Crippen molar-refractivity contribution in [2.75, 3.05) is 26.3 Å². The van der Waals surface area contributed by atoms with E-state index in [9.17, 15) is 15.0 Å². The maximum absolute atomic E-state index is 12.2. The smallest absolute Gasteiger partial charge is 0.248 e. The van der Waals surface area contributed by atoms with Gasteiger partial charge in [-0.15, -0.1) is 0 Å². The molecule has 1 saturated carbocycles. The Balaban J connectivity index is 1.21. The fraction of sp³-hybridized carbons (Fsp3) is 0.607. The molecule has 2 fully saturated rings. The molecule has 1 aliphatic heterocycles. The SMILES string of the molecule is Cc1cccc(C[C@@H](O)/C=C/[C@@H]2[C@H]3CC(CCOCC(=O)N4CCCCC4)=C[C@H]3C[C@H]2O)c1. The zero-order valence-electron chi connectivity index (χ0n) is 19.9. The number of hydrogen-bond acceptors (Lipinski definition) is 4. The predicted molar refractivity (Wildman–Crippen MR) is 130 cm³/mol. The summed E-state index contributed by atoms with van der Waals surface area (Å²) in [7, 11) is 0. The second-order valence-electron chi connectivity index (χ2n) is 10.1. The Morgan fingerprint density at radius 2 is 2.09 bits per heavy atom. The number of rotatable bonds is 9. The lowest BCUT2D eigenvalue weighted by Crippen LogP contribution is -2.38. The molecule has 1 heterocycles. The minimum atomic E-state index is -0.544. The Hall–Kier alpha value is -1.95. The molecule has 0 bridgehead atoms. The minimum Gasteiger partial charge on any atom is -0.392 e. The summed E-state index contributed by atoms with van der Waals surface area (Å²) in [5, 5.41) is 21.1. The van der Waals surface area contributed by atoms with E-state index in [1.165, 1.54) is 17.6 Å². The molecule has 0 unspecified atom stereocenters. The molecule has 1 aromatic rings. The van der Waals surface area contributed by atoms with Gasteiger partial charge < -0.3 is 19.8 Å². The molecule has 3 aliphatic rings. The molecule has 1 aromatic carbocycles. The number of amides is 1. The Bertz CT molecular complexity index is 857. The number of carbonyl (C=O) groups is 1. The average molecular weight is 454 g/mol. The number of benzene rings is 1. The van der Waals surface area contributed by atoms with Crippen molar-refractivity contribution in [3.8, 4) is 0 Å². The lowest BCUT2D eigenvalue weighted by Gasteiger charge is -2.26. The summed E-state index contributed by atoms with van der Waals surface area (Å²) in [5.41, 5.74) is 3.70. The van der Waals surface area contributed by atoms with Gasteiger partial charge in [-0.05, 0) is 62.8 Å². The van der Waals surface area contributed by atoms with Crippen LogP contribution in [0.4, 0.5) is 0 Å². The molecule has 0 spiro atoms. The van der Waals surface area contributed by atoms with Crippen LogP contribution in [0.5, 0.6) is 0 Å². The third-order valence-electron chi connectivity index (χ3n) is 7.53. The highest BCUT2D eigenvalue weighted by molar-refractivity contribution is 5.77. The lowest BCUT2D eigenvalue weighted by atomic mass is 9.88. The first kappa shape index (κ1) is 24.2. The normalized spacial score (nSPS) is 28.2. The van der Waals surface area contributed by atoms with Crippen LogP contribution in [0.2, 0.25) is 0 Å². The van der Waals surface area contributed by atoms with E-state index in [0.29, 0.717) is 24.9 Å². The third-order valence-corrected chi connectivity index (χ3v) is 7.53. The molecule has 1 saturated heterocycles. The van der Waals surface area contributed by atoms with Crippen molar-refractivity contribution in [1.82, 2.24) is 4.90 Å². The molecule has 1 amide bonds. The van der Waals surface area contributed by atoms with E-state index in [1.54, 1.807) is 0 Å². The highest BCUT2D eigenvalue weighted by Crippen LogP contribution is 2.47. The average Bonchev–Trinajstić information content (AvgIpc) is 3.32. The zero-order chi connectivity index (χ0) is 23.2. The van der Waals surface area contributed by atoms with Crippen LogP contribution in [-0.2, 0) is 16.0 Å². The number of piperidine rings is 1. The van der Waals surface area contributed by atoms with Crippen LogP contribution in [0.25, 0.3) is 0 Å². The van der Waals surface area contributed by atoms with E-state index in [-0.39, 0.29) is 24.5 Å². The highest BCUT2D eigenvalue weighted by atomic mass is 16.5. The van der Waals surface area contributed by atoms with Crippen molar-refractivity contribution >= 4 is 5.91 Å². The number of nitrogens with zero attached hydrogens (tertiary/aromatic N) is 1. The van der Waals surface area contributed by atoms with Gasteiger partial charge >= 0.3 is 0 Å². The molecule has 2 aliphatic carbocycles. The first-order chi connectivity index (χ1) is 16.0. The number of aliphatic hydroxyl groups excluding tert-OH is 2. The first-order valence-electron chi connectivity index (χ1n) is 12.6. The van der Waals surface area contributed by atoms with Crippen molar-refractivity contribution < 1.29 is 19.7 Å². The molecular weight excluding hydrogens is 414 g/mol. The Morgan fingerprint density at radius 3 is 2.88 bits per heavy atom. The van der Waals surface area contributed by atoms with Gasteiger partial charge in [0, 0.05) is 25.4 Å². The monoisotopic (exact) mass is 453 g/mol. The van der Waals surface area contributed by atoms with Gasteiger partial charge in [0.25, 0.3) is 0 Å². The van der Waals surface area contributed by atoms with E-state index in [2.05, 4.69) is 25.1 Å². The fourth-order valence-corrected chi connectivity index (χ4v) is 5.79. The van der Waals surface area contributed by atoms with Gasteiger partial charge in [0.05, 0.1) is 18.8 Å². The number of aryl methyl sites for hydroxylation is 1. The topological polar surface area (TPSA) is 70.0 Å². The quantitative estimate of drug-likeness (QED) is 0.441. The minimum absolute atomic E-state index is 0.0810. The standard InChI is InChI=1S/C28H39NO4/c1-20-6-5-7-21(14-20)16-24(30)8-9-25-26-17-22(15-23(26)18-27(25)31)10-13-33-19-28(32)29-11-3-2-4-12-29/h5-9,14-15,23-27,30-31H,2-4,10-13,16-19H2,1H3/b9-8+/t23-,24-,25+,26-,27+/m0/s1. The second kappa shape index (κ2) is 11.5. The van der Waals surface area contributed by atoms with Crippen LogP contribution in [0.15, 0.2) is 48.1 Å². The van der Waals surface area contributed by atoms with Gasteiger partial charge in [0.15, 0.2) is 0 Å². The molecular formula is C28H39NO4. The van der Waals surface area contributed by atoms with Crippen LogP contribution in [0.3, 0.4) is 0 Å². The maximum atomic E-state index is 12.2. The second-order valence-corrected chi connectivity index (χ2v) is 10.1. The van der Waals surface area contributed by atoms with E-state index in [0.717, 1.165) is 50.8 Å². The predicted octanol–water partition coefficient (Wildman–Crippen LogP) is 3.82. The summed E-state index contributed by atoms with van der Waals surface area (Å²) in [5.74, 6) is 0.989. The molecule has 0 aromatic heterocycles. The van der Waals surface area contributed by atoms with Crippen LogP contribution in [-0.4, -0.2) is 59.5 Å². The fourth-order valence-electron chi connectivity index (χ4n) is 5.79. The molecule has 2 N–H and O–H groups in total. The molecule has 4 rings (SSSR count). The number of fused-ring (bicyclic) bond motifs is 1. The van der Waals surface area contributed by atoms with Crippen molar-refractivity contribution in [3.63, 3.8) is 0 Å². The molecule has 5 heteroatoms. The summed E-state index contributed by atoms with van der Waals surface area (Å²) in [4.78, 5) is 14.1. The van der Waals surface area contributed by atoms with Crippen molar-refractivity contribution in [2.24, 2.45) is 17.8 Å². The number of allylic oxidation sites excluding steroid dienone is 1. The molecule has 5 nitrogen and oxygen atoms in total. The third kappa shape index (κ3) is 6.56. The number of likely N-dealkylation sites (tertiary alicyclic amines) is 1. The molecule has 0 radical (unpaired) electrons. The van der Waals surface area contributed by atoms with E-state index >= 15 is 0 Å². The number of hydrogen-bond donors (Lipinski definition) is 2. The van der Waals surface area contributed by atoms with Gasteiger partial charge in [-0.2, -0.15) is 0 Å². The van der Waals surface area contributed by atoms with Crippen molar-refractivity contribution in [3.05, 3.63) is 59.2 Å². The summed E-state index contributed by atoms with van der Waals surface area (Å²) in [6.07, 6.45) is 12.0. The summed E-state index contributed by atoms with van der Waals surface area (Å²) < 4.78 is 5.70. The van der Waals surface area contributed by atoms with Crippen LogP contribution in [0.1, 0.15) is 49.7 Å². The zero-order valence-corrected chi connectivity index (χ0v) is 19.9. The van der Waals surface area contributed by atoms with E-state index in [1.807, 2.05) is 29.2 Å². The Kier molecular flexibility index (Phi) is 8.39. The van der Waals surface area contributed by atoms with Crippen LogP contribution in [0, 0.1) is 24.7 Å². The van der Waals surface area contributed by atoms with Crippen molar-refractivity contribution in [1.29, 1.82) is 0 Å². The number of aliphatic hydroxyl groups is 2. The Morgan fingerprint density at radius 1 is 1.27 bits per heavy atom. The number of carbonyl (C=O) groups excluding carboxylic acids is 1. The van der Waals surface area contributed by atoms with Gasteiger partial charge in [0.2, 0.25) is 5.91 Å². The largest absolute Gasteiger partial charge is 0.392 e. The summed E-state index contributed by atoms with van der Waals surface area (Å²) >= 11 is 0. The molecule has 180 valence electrons. The summed E-state index contributed by atoms with van der Waals surface area (Å²) in [6.45, 7) is 4.55. The van der Waals surface area contributed by atoms with Gasteiger partial charge in [-0.25, -0.2) is 0 Å². The Labute approximate surface area is 198 Å². The van der Waals surface area contributed by atoms with E-state index < -0.39 is 6.10 Å². The number of ether oxygens (including phenoxy) is 1. The van der Waals surface area contributed by atoms with Gasteiger partial charge in [-0.1, -0.05) is 53.6 Å². The van der Waals surface area contributed by atoms with Crippen molar-refractivity contribution in [2.45, 2.75) is 64.1 Å². The van der Waals surface area contributed by atoms with Gasteiger partial charge in [0.1, 0.15) is 6.61 Å². The van der Waals surface area contributed by atoms with Crippen LogP contribution < -0.4 is 0 Å². The van der Waals surface area contributed by atoms with Crippen LogP contribution >= 0.6 is 0 Å². The first-order valence-corrected chi connectivity index (χ1v) is 12.6. The van der Waals surface area contributed by atoms with E-state index in [4.69, 9.17) is 4.74 Å². The highest BCUT2D eigenvalue weighted by Gasteiger charge is 2.43. The molecule has 33 heavy (non-hydrogen) atoms. The molecule has 5 atom stereocenters.